The summed E-state index contributed by atoms with van der Waals surface area (Å²) in [5.41, 5.74) is 2.50. The van der Waals surface area contributed by atoms with E-state index in [2.05, 4.69) is 15.3 Å². The number of thioether (sulfide) groups is 1. The van der Waals surface area contributed by atoms with E-state index < -0.39 is 0 Å². The zero-order valence-corrected chi connectivity index (χ0v) is 14.5. The van der Waals surface area contributed by atoms with Crippen molar-refractivity contribution in [3.05, 3.63) is 46.4 Å². The molecule has 4 nitrogen and oxygen atoms in total. The van der Waals surface area contributed by atoms with Crippen molar-refractivity contribution in [3.63, 3.8) is 0 Å². The number of nitrogens with zero attached hydrogens (tertiary/aromatic N) is 2. The number of hydrogen-bond acceptors (Lipinski definition) is 4. The Kier molecular flexibility index (Phi) is 5.42. The number of anilines is 1. The van der Waals surface area contributed by atoms with Gasteiger partial charge in [-0.25, -0.2) is 9.97 Å². The van der Waals surface area contributed by atoms with Gasteiger partial charge in [-0.2, -0.15) is 0 Å². The maximum absolute atomic E-state index is 12.3. The molecule has 116 valence electrons. The van der Waals surface area contributed by atoms with Crippen molar-refractivity contribution in [2.24, 2.45) is 0 Å². The number of hydrogen-bond donors (Lipinski definition) is 1. The first-order valence-corrected chi connectivity index (χ1v) is 8.17. The lowest BCUT2D eigenvalue weighted by Gasteiger charge is -2.14. The summed E-state index contributed by atoms with van der Waals surface area (Å²) in [6, 6.07) is 7.35. The molecule has 1 aromatic carbocycles. The van der Waals surface area contributed by atoms with E-state index in [1.807, 2.05) is 45.9 Å². The van der Waals surface area contributed by atoms with Gasteiger partial charge in [0.1, 0.15) is 10.9 Å². The van der Waals surface area contributed by atoms with Crippen LogP contribution >= 0.6 is 23.4 Å². The average molecular weight is 336 g/mol. The predicted octanol–water partition coefficient (Wildman–Crippen LogP) is 4.17. The lowest BCUT2D eigenvalue weighted by molar-refractivity contribution is -0.115. The second-order valence-electron chi connectivity index (χ2n) is 5.06. The zero-order valence-electron chi connectivity index (χ0n) is 13.0. The fourth-order valence-electron chi connectivity index (χ4n) is 1.96. The first kappa shape index (κ1) is 16.8. The zero-order chi connectivity index (χ0) is 16.3. The number of carbonyl (C=O) groups excluding carboxylic acids is 1. The Bertz CT molecular complexity index is 686. The monoisotopic (exact) mass is 335 g/mol. The number of amides is 1. The molecule has 1 unspecified atom stereocenters. The van der Waals surface area contributed by atoms with E-state index in [9.17, 15) is 4.79 Å². The highest BCUT2D eigenvalue weighted by Crippen LogP contribution is 2.26. The van der Waals surface area contributed by atoms with Crippen molar-refractivity contribution >= 4 is 35.0 Å². The summed E-state index contributed by atoms with van der Waals surface area (Å²) in [5, 5.41) is 4.08. The number of aryl methyl sites for hydroxylation is 2. The summed E-state index contributed by atoms with van der Waals surface area (Å²) in [6.45, 7) is 7.50. The summed E-state index contributed by atoms with van der Waals surface area (Å²) in [7, 11) is 0. The van der Waals surface area contributed by atoms with E-state index in [0.29, 0.717) is 10.8 Å². The summed E-state index contributed by atoms with van der Waals surface area (Å²) in [5.74, 6) is 0.630. The first-order chi connectivity index (χ1) is 10.4. The minimum atomic E-state index is -0.271. The van der Waals surface area contributed by atoms with Crippen LogP contribution in [-0.4, -0.2) is 21.1 Å². The fraction of sp³-hybridized carbons (Fsp3) is 0.312. The Balaban J connectivity index is 2.07. The third kappa shape index (κ3) is 4.21. The lowest BCUT2D eigenvalue weighted by atomic mass is 10.2. The second-order valence-corrected chi connectivity index (χ2v) is 6.82. The minimum absolute atomic E-state index is 0.0794. The number of benzene rings is 1. The molecule has 0 saturated heterocycles. The normalized spacial score (nSPS) is 12.0. The molecule has 0 saturated carbocycles. The minimum Gasteiger partial charge on any atom is -0.325 e. The molecule has 1 aromatic heterocycles. The molecular weight excluding hydrogens is 318 g/mol. The molecule has 6 heteroatoms. The lowest BCUT2D eigenvalue weighted by Crippen LogP contribution is -2.23. The van der Waals surface area contributed by atoms with Gasteiger partial charge in [0.15, 0.2) is 0 Å². The summed E-state index contributed by atoms with van der Waals surface area (Å²) in [4.78, 5) is 20.9. The van der Waals surface area contributed by atoms with Crippen LogP contribution < -0.4 is 5.32 Å². The molecule has 2 rings (SSSR count). The van der Waals surface area contributed by atoms with Gasteiger partial charge in [0.2, 0.25) is 5.91 Å². The Hall–Kier alpha value is -1.59. The molecule has 2 aromatic rings. The van der Waals surface area contributed by atoms with E-state index >= 15 is 0 Å². The molecule has 1 heterocycles. The Morgan fingerprint density at radius 2 is 2.00 bits per heavy atom. The fourth-order valence-corrected chi connectivity index (χ4v) is 3.08. The molecular formula is C16H18ClN3OS. The molecule has 22 heavy (non-hydrogen) atoms. The summed E-state index contributed by atoms with van der Waals surface area (Å²) in [6.07, 6.45) is 0. The summed E-state index contributed by atoms with van der Waals surface area (Å²) >= 11 is 7.48. The number of aromatic nitrogens is 2. The van der Waals surface area contributed by atoms with Gasteiger partial charge in [-0.05, 0) is 51.5 Å². The second kappa shape index (κ2) is 7.11. The maximum Gasteiger partial charge on any atom is 0.237 e. The van der Waals surface area contributed by atoms with Gasteiger partial charge in [0, 0.05) is 16.4 Å². The van der Waals surface area contributed by atoms with Crippen molar-refractivity contribution in [3.8, 4) is 0 Å². The Morgan fingerprint density at radius 1 is 1.27 bits per heavy atom. The van der Waals surface area contributed by atoms with Crippen LogP contribution in [0.5, 0.6) is 0 Å². The average Bonchev–Trinajstić information content (AvgIpc) is 2.42. The highest BCUT2D eigenvalue weighted by atomic mass is 35.5. The third-order valence-corrected chi connectivity index (χ3v) is 4.56. The van der Waals surface area contributed by atoms with Gasteiger partial charge >= 0.3 is 0 Å². The SMILES string of the molecule is Cc1cc(SC(C)C(=O)Nc2cccc(Cl)c2C)nc(C)n1. The maximum atomic E-state index is 12.3. The molecule has 1 N–H and O–H groups in total. The highest BCUT2D eigenvalue weighted by molar-refractivity contribution is 8.00. The van der Waals surface area contributed by atoms with E-state index in [1.54, 1.807) is 6.07 Å². The van der Waals surface area contributed by atoms with Crippen LogP contribution in [0.1, 0.15) is 24.0 Å². The van der Waals surface area contributed by atoms with Crippen LogP contribution in [0.25, 0.3) is 0 Å². The number of nitrogens with one attached hydrogen (secondary N) is 1. The standard InChI is InChI=1S/C16H18ClN3OS/c1-9-8-15(19-12(4)18-9)22-11(3)16(21)20-14-7-5-6-13(17)10(14)2/h5-8,11H,1-4H3,(H,20,21). The van der Waals surface area contributed by atoms with E-state index in [0.717, 1.165) is 22.0 Å². The molecule has 0 fully saturated rings. The number of carbonyl (C=O) groups is 1. The van der Waals surface area contributed by atoms with Crippen molar-refractivity contribution in [1.29, 1.82) is 0 Å². The van der Waals surface area contributed by atoms with Gasteiger partial charge in [-0.1, -0.05) is 29.4 Å². The van der Waals surface area contributed by atoms with Gasteiger partial charge in [-0.15, -0.1) is 0 Å². The molecule has 1 atom stereocenters. The van der Waals surface area contributed by atoms with Crippen LogP contribution in [0, 0.1) is 20.8 Å². The molecule has 0 aliphatic rings. The van der Waals surface area contributed by atoms with Crippen LogP contribution in [0.4, 0.5) is 5.69 Å². The smallest absolute Gasteiger partial charge is 0.237 e. The third-order valence-electron chi connectivity index (χ3n) is 3.13. The van der Waals surface area contributed by atoms with Crippen LogP contribution in [0.2, 0.25) is 5.02 Å². The van der Waals surface area contributed by atoms with E-state index in [1.165, 1.54) is 11.8 Å². The van der Waals surface area contributed by atoms with Gasteiger partial charge in [0.05, 0.1) is 5.25 Å². The number of rotatable bonds is 4. The van der Waals surface area contributed by atoms with Crippen molar-refractivity contribution < 1.29 is 4.79 Å². The Morgan fingerprint density at radius 3 is 2.68 bits per heavy atom. The molecule has 0 aliphatic heterocycles. The van der Waals surface area contributed by atoms with Gasteiger partial charge in [-0.3, -0.25) is 4.79 Å². The van der Waals surface area contributed by atoms with Crippen molar-refractivity contribution in [2.45, 2.75) is 38.0 Å². The highest BCUT2D eigenvalue weighted by Gasteiger charge is 2.17. The van der Waals surface area contributed by atoms with Crippen LogP contribution in [0.15, 0.2) is 29.3 Å². The molecule has 1 amide bonds. The van der Waals surface area contributed by atoms with Gasteiger partial charge < -0.3 is 5.32 Å². The van der Waals surface area contributed by atoms with Crippen LogP contribution in [-0.2, 0) is 4.79 Å². The molecule has 0 radical (unpaired) electrons. The topological polar surface area (TPSA) is 54.9 Å². The molecule has 0 spiro atoms. The van der Waals surface area contributed by atoms with Crippen molar-refractivity contribution in [2.75, 3.05) is 5.32 Å². The number of halogens is 1. The molecule has 0 aliphatic carbocycles. The largest absolute Gasteiger partial charge is 0.325 e. The summed E-state index contributed by atoms with van der Waals surface area (Å²) < 4.78 is 0. The van der Waals surface area contributed by atoms with Gasteiger partial charge in [0.25, 0.3) is 0 Å². The molecule has 0 bridgehead atoms. The quantitative estimate of drug-likeness (QED) is 0.673. The van der Waals surface area contributed by atoms with E-state index in [-0.39, 0.29) is 11.2 Å². The predicted molar refractivity (Wildman–Crippen MR) is 91.6 cm³/mol. The van der Waals surface area contributed by atoms with E-state index in [4.69, 9.17) is 11.6 Å². The first-order valence-electron chi connectivity index (χ1n) is 6.91. The van der Waals surface area contributed by atoms with Crippen molar-refractivity contribution in [1.82, 2.24) is 9.97 Å². The Labute approximate surface area is 139 Å². The van der Waals surface area contributed by atoms with Crippen LogP contribution in [0.3, 0.4) is 0 Å².